The number of fused-ring (bicyclic) bond motifs is 1. The number of hydrogen-bond donors (Lipinski definition) is 0. The van der Waals surface area contributed by atoms with Crippen LogP contribution in [0.3, 0.4) is 0 Å². The maximum atomic E-state index is 6.41. The van der Waals surface area contributed by atoms with Gasteiger partial charge in [0.2, 0.25) is 0 Å². The highest BCUT2D eigenvalue weighted by atomic mass is 79.9. The van der Waals surface area contributed by atoms with Crippen LogP contribution in [0.4, 0.5) is 0 Å². The Kier molecular flexibility index (Phi) is 4.24. The summed E-state index contributed by atoms with van der Waals surface area (Å²) in [6.45, 7) is 3.45. The van der Waals surface area contributed by atoms with Gasteiger partial charge in [0.05, 0.1) is 18.0 Å². The van der Waals surface area contributed by atoms with E-state index in [1.807, 2.05) is 12.1 Å². The standard InChI is InChI=1S/C15H14BrClO2S/c1-9-3-4-14(20-9)15(16)10-7-12-13(8-11(10)17)19-6-2-5-18-12/h3-4,7-8,15H,2,5-6H2,1H3. The van der Waals surface area contributed by atoms with Crippen LogP contribution < -0.4 is 9.47 Å². The number of benzene rings is 1. The summed E-state index contributed by atoms with van der Waals surface area (Å²) in [5.74, 6) is 1.51. The molecule has 3 rings (SSSR count). The van der Waals surface area contributed by atoms with Gasteiger partial charge in [-0.05, 0) is 30.7 Å². The van der Waals surface area contributed by atoms with Crippen LogP contribution in [0.25, 0.3) is 0 Å². The van der Waals surface area contributed by atoms with Gasteiger partial charge in [0.15, 0.2) is 11.5 Å². The number of aryl methyl sites for hydroxylation is 1. The molecule has 5 heteroatoms. The summed E-state index contributed by atoms with van der Waals surface area (Å²) in [5, 5.41) is 0.696. The lowest BCUT2D eigenvalue weighted by Gasteiger charge is -2.14. The first-order chi connectivity index (χ1) is 9.65. The third kappa shape index (κ3) is 2.83. The monoisotopic (exact) mass is 372 g/mol. The number of alkyl halides is 1. The molecule has 0 aliphatic carbocycles. The zero-order valence-electron chi connectivity index (χ0n) is 11.0. The molecule has 1 atom stereocenters. The van der Waals surface area contributed by atoms with Crippen molar-refractivity contribution in [3.05, 3.63) is 44.6 Å². The maximum absolute atomic E-state index is 6.41. The van der Waals surface area contributed by atoms with E-state index in [1.54, 1.807) is 11.3 Å². The maximum Gasteiger partial charge on any atom is 0.162 e. The van der Waals surface area contributed by atoms with Gasteiger partial charge in [-0.3, -0.25) is 0 Å². The molecular formula is C15H14BrClO2S. The summed E-state index contributed by atoms with van der Waals surface area (Å²) >= 11 is 11.9. The van der Waals surface area contributed by atoms with Crippen molar-refractivity contribution in [2.24, 2.45) is 0 Å². The second-order valence-electron chi connectivity index (χ2n) is 4.68. The van der Waals surface area contributed by atoms with Crippen molar-refractivity contribution in [1.82, 2.24) is 0 Å². The number of thiophene rings is 1. The molecule has 106 valence electrons. The Morgan fingerprint density at radius 1 is 1.20 bits per heavy atom. The second-order valence-corrected chi connectivity index (χ2v) is 7.32. The van der Waals surface area contributed by atoms with Crippen LogP contribution in [0.5, 0.6) is 11.5 Å². The molecule has 0 fully saturated rings. The van der Waals surface area contributed by atoms with Gasteiger partial charge in [-0.2, -0.15) is 0 Å². The molecule has 0 radical (unpaired) electrons. The first-order valence-electron chi connectivity index (χ1n) is 6.44. The van der Waals surface area contributed by atoms with E-state index in [2.05, 4.69) is 35.0 Å². The van der Waals surface area contributed by atoms with E-state index >= 15 is 0 Å². The van der Waals surface area contributed by atoms with Gasteiger partial charge in [0, 0.05) is 27.3 Å². The molecule has 0 saturated carbocycles. The zero-order chi connectivity index (χ0) is 14.1. The van der Waals surface area contributed by atoms with Crippen molar-refractivity contribution in [2.45, 2.75) is 18.2 Å². The summed E-state index contributed by atoms with van der Waals surface area (Å²) in [5.41, 5.74) is 1.01. The Hall–Kier alpha value is -0.710. The van der Waals surface area contributed by atoms with E-state index in [-0.39, 0.29) is 4.83 Å². The number of rotatable bonds is 2. The Balaban J connectivity index is 1.99. The highest BCUT2D eigenvalue weighted by molar-refractivity contribution is 9.09. The van der Waals surface area contributed by atoms with Crippen LogP contribution in [0, 0.1) is 6.92 Å². The molecule has 1 aliphatic rings. The van der Waals surface area contributed by atoms with E-state index in [0.29, 0.717) is 18.2 Å². The molecule has 0 saturated heterocycles. The minimum atomic E-state index is 0.0749. The van der Waals surface area contributed by atoms with Crippen molar-refractivity contribution >= 4 is 38.9 Å². The summed E-state index contributed by atoms with van der Waals surface area (Å²) in [7, 11) is 0. The van der Waals surface area contributed by atoms with Crippen LogP contribution in [0.2, 0.25) is 5.02 Å². The lowest BCUT2D eigenvalue weighted by atomic mass is 10.1. The Labute approximate surface area is 135 Å². The van der Waals surface area contributed by atoms with Gasteiger partial charge in [0.25, 0.3) is 0 Å². The topological polar surface area (TPSA) is 18.5 Å². The first kappa shape index (κ1) is 14.2. The summed E-state index contributed by atoms with van der Waals surface area (Å²) in [6, 6.07) is 8.08. The Bertz CT molecular complexity index is 626. The smallest absolute Gasteiger partial charge is 0.162 e. The van der Waals surface area contributed by atoms with E-state index in [1.165, 1.54) is 9.75 Å². The highest BCUT2D eigenvalue weighted by Crippen LogP contribution is 2.43. The Morgan fingerprint density at radius 2 is 1.90 bits per heavy atom. The van der Waals surface area contributed by atoms with Crippen LogP contribution >= 0.6 is 38.9 Å². The van der Waals surface area contributed by atoms with Crippen molar-refractivity contribution in [3.8, 4) is 11.5 Å². The second kappa shape index (κ2) is 5.96. The quantitative estimate of drug-likeness (QED) is 0.660. The van der Waals surface area contributed by atoms with Crippen molar-refractivity contribution in [1.29, 1.82) is 0 Å². The van der Waals surface area contributed by atoms with Gasteiger partial charge >= 0.3 is 0 Å². The molecule has 1 aliphatic heterocycles. The molecule has 2 heterocycles. The zero-order valence-corrected chi connectivity index (χ0v) is 14.1. The van der Waals surface area contributed by atoms with E-state index in [9.17, 15) is 0 Å². The lowest BCUT2D eigenvalue weighted by molar-refractivity contribution is 0.297. The third-order valence-corrected chi connectivity index (χ3v) is 5.83. The third-order valence-electron chi connectivity index (χ3n) is 3.15. The van der Waals surface area contributed by atoms with Gasteiger partial charge in [-0.1, -0.05) is 27.5 Å². The van der Waals surface area contributed by atoms with Gasteiger partial charge < -0.3 is 9.47 Å². The molecule has 1 aromatic heterocycles. The van der Waals surface area contributed by atoms with Crippen LogP contribution in [0.15, 0.2) is 24.3 Å². The highest BCUT2D eigenvalue weighted by Gasteiger charge is 2.20. The molecule has 2 nitrogen and oxygen atoms in total. The minimum Gasteiger partial charge on any atom is -0.490 e. The molecular weight excluding hydrogens is 360 g/mol. The molecule has 2 aromatic rings. The summed E-state index contributed by atoms with van der Waals surface area (Å²) in [4.78, 5) is 2.60. The van der Waals surface area contributed by atoms with Crippen molar-refractivity contribution in [2.75, 3.05) is 13.2 Å². The average molecular weight is 374 g/mol. The fraction of sp³-hybridized carbons (Fsp3) is 0.333. The number of halogens is 2. The van der Waals surface area contributed by atoms with E-state index in [4.69, 9.17) is 21.1 Å². The van der Waals surface area contributed by atoms with Crippen molar-refractivity contribution in [3.63, 3.8) is 0 Å². The SMILES string of the molecule is Cc1ccc(C(Br)c2cc3c(cc2Cl)OCCCO3)s1. The van der Waals surface area contributed by atoms with Crippen molar-refractivity contribution < 1.29 is 9.47 Å². The van der Waals surface area contributed by atoms with Crippen LogP contribution in [0.1, 0.15) is 26.6 Å². The summed E-state index contributed by atoms with van der Waals surface area (Å²) in [6.07, 6.45) is 0.892. The minimum absolute atomic E-state index is 0.0749. The normalized spacial score (nSPS) is 15.8. The van der Waals surface area contributed by atoms with E-state index in [0.717, 1.165) is 23.5 Å². The van der Waals surface area contributed by atoms with Gasteiger partial charge in [0.1, 0.15) is 0 Å². The van der Waals surface area contributed by atoms with Crippen LogP contribution in [-0.4, -0.2) is 13.2 Å². The molecule has 0 bridgehead atoms. The number of ether oxygens (including phenoxy) is 2. The first-order valence-corrected chi connectivity index (χ1v) is 8.55. The number of hydrogen-bond acceptors (Lipinski definition) is 3. The molecule has 0 amide bonds. The molecule has 0 N–H and O–H groups in total. The van der Waals surface area contributed by atoms with Gasteiger partial charge in [-0.25, -0.2) is 0 Å². The van der Waals surface area contributed by atoms with E-state index < -0.39 is 0 Å². The fourth-order valence-corrected chi connectivity index (χ4v) is 4.22. The predicted molar refractivity (Wildman–Crippen MR) is 86.9 cm³/mol. The van der Waals surface area contributed by atoms with Crippen LogP contribution in [-0.2, 0) is 0 Å². The average Bonchev–Trinajstić information content (AvgIpc) is 2.73. The lowest BCUT2D eigenvalue weighted by Crippen LogP contribution is -1.97. The predicted octanol–water partition coefficient (Wildman–Crippen LogP) is 5.36. The summed E-state index contributed by atoms with van der Waals surface area (Å²) < 4.78 is 11.4. The van der Waals surface area contributed by atoms with Gasteiger partial charge in [-0.15, -0.1) is 11.3 Å². The Morgan fingerprint density at radius 3 is 2.55 bits per heavy atom. The largest absolute Gasteiger partial charge is 0.490 e. The fourth-order valence-electron chi connectivity index (χ4n) is 2.14. The molecule has 20 heavy (non-hydrogen) atoms. The molecule has 1 unspecified atom stereocenters. The molecule has 0 spiro atoms. The molecule has 1 aromatic carbocycles.